The second-order valence-corrected chi connectivity index (χ2v) is 9.78. The molecule has 1 saturated heterocycles. The number of hydroxylamine groups is 1. The van der Waals surface area contributed by atoms with Crippen LogP contribution in [0, 0.1) is 5.82 Å². The molecule has 1 atom stereocenters. The molecule has 0 saturated carbocycles. The van der Waals surface area contributed by atoms with Crippen molar-refractivity contribution in [2.24, 2.45) is 4.99 Å². The van der Waals surface area contributed by atoms with Crippen LogP contribution < -0.4 is 10.2 Å². The molecule has 0 amide bonds. The van der Waals surface area contributed by atoms with Crippen molar-refractivity contribution < 1.29 is 31.1 Å². The number of nitrogens with one attached hydrogen (secondary N) is 1. The van der Waals surface area contributed by atoms with Crippen molar-refractivity contribution in [1.82, 2.24) is 15.5 Å². The van der Waals surface area contributed by atoms with Gasteiger partial charge in [-0.1, -0.05) is 36.3 Å². The Hall–Kier alpha value is -3.48. The van der Waals surface area contributed by atoms with Crippen LogP contribution in [0.25, 0.3) is 11.1 Å². The molecule has 0 radical (unpaired) electrons. The Morgan fingerprint density at radius 1 is 1.17 bits per heavy atom. The first-order valence-electron chi connectivity index (χ1n) is 11.2. The van der Waals surface area contributed by atoms with Crippen molar-refractivity contribution in [3.8, 4) is 16.9 Å². The molecule has 36 heavy (non-hydrogen) atoms. The van der Waals surface area contributed by atoms with E-state index in [0.717, 1.165) is 11.8 Å². The van der Waals surface area contributed by atoms with E-state index in [2.05, 4.69) is 15.6 Å². The summed E-state index contributed by atoms with van der Waals surface area (Å²) in [5.41, 5.74) is 4.84. The maximum absolute atomic E-state index is 15.0. The predicted molar refractivity (Wildman–Crippen MR) is 131 cm³/mol. The molecule has 1 fully saturated rings. The van der Waals surface area contributed by atoms with Crippen molar-refractivity contribution in [2.75, 3.05) is 39.7 Å². The number of rotatable bonds is 7. The average molecular weight is 519 g/mol. The standard InChI is InChI=1S/C24H27FN4O6S/c1-16(18-6-9-20(21(25)14-18)17-4-7-19(32-2)8-5-17)22-15-23(34-27-22)26-24(28-35-36(3,30)31)29-10-12-33-13-11-29/h4-9,14-16H,10-13H2,1-3H3,(H,26,28). The number of methoxy groups -OCH3 is 1. The van der Waals surface area contributed by atoms with Gasteiger partial charge >= 0.3 is 0 Å². The predicted octanol–water partition coefficient (Wildman–Crippen LogP) is 3.44. The molecule has 2 aromatic carbocycles. The minimum atomic E-state index is -3.76. The van der Waals surface area contributed by atoms with E-state index in [9.17, 15) is 12.8 Å². The molecule has 1 aliphatic heterocycles. The fourth-order valence-electron chi connectivity index (χ4n) is 3.66. The minimum absolute atomic E-state index is 0.137. The molecular weight excluding hydrogens is 491 g/mol. The largest absolute Gasteiger partial charge is 0.497 e. The molecule has 2 heterocycles. The molecule has 4 rings (SSSR count). The van der Waals surface area contributed by atoms with E-state index in [1.165, 1.54) is 6.07 Å². The van der Waals surface area contributed by atoms with Gasteiger partial charge in [-0.3, -0.25) is 0 Å². The minimum Gasteiger partial charge on any atom is -0.497 e. The van der Waals surface area contributed by atoms with Crippen LogP contribution >= 0.6 is 0 Å². The first kappa shape index (κ1) is 25.6. The number of hydrogen-bond acceptors (Lipinski definition) is 8. The lowest BCUT2D eigenvalue weighted by molar-refractivity contribution is 0.0628. The molecule has 0 bridgehead atoms. The van der Waals surface area contributed by atoms with Gasteiger partial charge in [0.05, 0.1) is 32.3 Å². The number of morpholine rings is 1. The van der Waals surface area contributed by atoms with Crippen LogP contribution in [-0.4, -0.2) is 64.1 Å². The van der Waals surface area contributed by atoms with Gasteiger partial charge in [0.15, 0.2) is 0 Å². The summed E-state index contributed by atoms with van der Waals surface area (Å²) in [4.78, 5) is 6.11. The van der Waals surface area contributed by atoms with Gasteiger partial charge in [0.25, 0.3) is 16.0 Å². The highest BCUT2D eigenvalue weighted by molar-refractivity contribution is 7.85. The highest BCUT2D eigenvalue weighted by Crippen LogP contribution is 2.31. The van der Waals surface area contributed by atoms with Crippen LogP contribution in [0.3, 0.4) is 0 Å². The summed E-state index contributed by atoms with van der Waals surface area (Å²) in [6.07, 6.45) is 0.921. The second kappa shape index (κ2) is 11.1. The van der Waals surface area contributed by atoms with Gasteiger partial charge in [-0.25, -0.2) is 9.87 Å². The number of hydrogen-bond donors (Lipinski definition) is 1. The Labute approximate surface area is 208 Å². The van der Waals surface area contributed by atoms with E-state index in [1.807, 2.05) is 13.0 Å². The highest BCUT2D eigenvalue weighted by atomic mass is 32.2. The fraction of sp³-hybridized carbons (Fsp3) is 0.333. The Morgan fingerprint density at radius 3 is 2.53 bits per heavy atom. The molecule has 0 spiro atoms. The molecule has 1 aromatic heterocycles. The molecular formula is C24H27FN4O6S. The topological polar surface area (TPSA) is 115 Å². The summed E-state index contributed by atoms with van der Waals surface area (Å²) >= 11 is 0. The zero-order valence-electron chi connectivity index (χ0n) is 20.1. The highest BCUT2D eigenvalue weighted by Gasteiger charge is 2.20. The number of ether oxygens (including phenoxy) is 2. The molecule has 1 N–H and O–H groups in total. The maximum Gasteiger partial charge on any atom is 0.285 e. The maximum atomic E-state index is 15.0. The summed E-state index contributed by atoms with van der Waals surface area (Å²) in [5.74, 6) is 0.336. The molecule has 12 heteroatoms. The normalized spacial score (nSPS) is 15.6. The van der Waals surface area contributed by atoms with Crippen LogP contribution in [0.4, 0.5) is 10.3 Å². The van der Waals surface area contributed by atoms with E-state index in [4.69, 9.17) is 18.3 Å². The van der Waals surface area contributed by atoms with Crippen LogP contribution in [0.2, 0.25) is 0 Å². The van der Waals surface area contributed by atoms with Gasteiger partial charge in [-0.15, -0.1) is 4.28 Å². The molecule has 1 aliphatic rings. The van der Waals surface area contributed by atoms with E-state index in [0.29, 0.717) is 48.9 Å². The van der Waals surface area contributed by atoms with Crippen LogP contribution in [0.1, 0.15) is 24.1 Å². The third-order valence-corrected chi connectivity index (χ3v) is 6.05. The number of halogens is 1. The van der Waals surface area contributed by atoms with Crippen molar-refractivity contribution in [3.63, 3.8) is 0 Å². The molecule has 10 nitrogen and oxygen atoms in total. The summed E-state index contributed by atoms with van der Waals surface area (Å²) in [6, 6.07) is 13.8. The smallest absolute Gasteiger partial charge is 0.285 e. The monoisotopic (exact) mass is 518 g/mol. The fourth-order valence-corrected chi connectivity index (χ4v) is 3.89. The molecule has 1 unspecified atom stereocenters. The Morgan fingerprint density at radius 2 is 1.89 bits per heavy atom. The van der Waals surface area contributed by atoms with Crippen molar-refractivity contribution in [1.29, 1.82) is 0 Å². The van der Waals surface area contributed by atoms with E-state index >= 15 is 0 Å². The van der Waals surface area contributed by atoms with Gasteiger partial charge in [0, 0.05) is 30.6 Å². The van der Waals surface area contributed by atoms with Crippen molar-refractivity contribution >= 4 is 22.0 Å². The van der Waals surface area contributed by atoms with Crippen LogP contribution in [0.5, 0.6) is 5.75 Å². The average Bonchev–Trinajstić information content (AvgIpc) is 3.35. The van der Waals surface area contributed by atoms with E-state index in [1.54, 1.807) is 48.4 Å². The van der Waals surface area contributed by atoms with E-state index in [-0.39, 0.29) is 23.6 Å². The number of aromatic nitrogens is 1. The lowest BCUT2D eigenvalue weighted by Gasteiger charge is -2.29. The quantitative estimate of drug-likeness (QED) is 0.285. The van der Waals surface area contributed by atoms with Crippen molar-refractivity contribution in [2.45, 2.75) is 12.8 Å². The SMILES string of the molecule is COc1ccc(-c2ccc(C(C)c3cc(N=C(NOS(C)(=O)=O)N4CCOCC4)on3)cc2F)cc1. The number of nitrogens with zero attached hydrogens (tertiary/aromatic N) is 3. The van der Waals surface area contributed by atoms with E-state index < -0.39 is 10.1 Å². The summed E-state index contributed by atoms with van der Waals surface area (Å²) < 4.78 is 58.4. The third-order valence-electron chi connectivity index (χ3n) is 5.66. The Bertz CT molecular complexity index is 1320. The molecule has 192 valence electrons. The van der Waals surface area contributed by atoms with Gasteiger partial charge < -0.3 is 18.9 Å². The Balaban J connectivity index is 1.53. The van der Waals surface area contributed by atoms with Crippen LogP contribution in [0.15, 0.2) is 58.0 Å². The zero-order chi connectivity index (χ0) is 25.7. The lowest BCUT2D eigenvalue weighted by Crippen LogP contribution is -2.47. The summed E-state index contributed by atoms with van der Waals surface area (Å²) in [7, 11) is -2.18. The number of guanidine groups is 1. The first-order chi connectivity index (χ1) is 17.2. The van der Waals surface area contributed by atoms with Gasteiger partial charge in [-0.2, -0.15) is 13.4 Å². The Kier molecular flexibility index (Phi) is 7.87. The molecule has 0 aliphatic carbocycles. The number of benzene rings is 2. The molecule has 3 aromatic rings. The summed E-state index contributed by atoms with van der Waals surface area (Å²) in [5, 5.41) is 4.08. The lowest BCUT2D eigenvalue weighted by atomic mass is 9.95. The van der Waals surface area contributed by atoms with Gasteiger partial charge in [0.1, 0.15) is 11.6 Å². The zero-order valence-corrected chi connectivity index (χ0v) is 20.9. The van der Waals surface area contributed by atoms with Gasteiger partial charge in [-0.05, 0) is 29.3 Å². The summed E-state index contributed by atoms with van der Waals surface area (Å²) in [6.45, 7) is 3.75. The van der Waals surface area contributed by atoms with Gasteiger partial charge in [0.2, 0.25) is 5.96 Å². The third kappa shape index (κ3) is 6.39. The van der Waals surface area contributed by atoms with Crippen LogP contribution in [-0.2, 0) is 19.1 Å². The second-order valence-electron chi connectivity index (χ2n) is 8.20. The first-order valence-corrected chi connectivity index (χ1v) is 13.0. The van der Waals surface area contributed by atoms with Crippen molar-refractivity contribution in [3.05, 3.63) is 65.6 Å². The number of aliphatic imine (C=N–C) groups is 1.